The standard InChI is InChI=1S/C22H26N4O4S/c27-21-13-16-15-31-12-5-17(16)23-26(21)11-8-24-6-9-25(10-7-24)22(28)20-14-29-18-3-1-2-4-19(18)30-20/h1-4,13,20H,5-12,14-15H2. The number of piperazine rings is 1. The van der Waals surface area contributed by atoms with Crippen LogP contribution < -0.4 is 15.0 Å². The van der Waals surface area contributed by atoms with E-state index in [9.17, 15) is 9.59 Å². The van der Waals surface area contributed by atoms with Crippen LogP contribution in [-0.4, -0.2) is 76.7 Å². The average molecular weight is 443 g/mol. The zero-order valence-electron chi connectivity index (χ0n) is 17.4. The Morgan fingerprint density at radius 2 is 1.94 bits per heavy atom. The van der Waals surface area contributed by atoms with Gasteiger partial charge in [-0.3, -0.25) is 14.5 Å². The van der Waals surface area contributed by atoms with E-state index in [0.717, 1.165) is 48.8 Å². The number of rotatable bonds is 4. The molecule has 4 heterocycles. The van der Waals surface area contributed by atoms with E-state index in [-0.39, 0.29) is 18.1 Å². The number of carbonyl (C=O) groups is 1. The molecule has 3 aliphatic heterocycles. The van der Waals surface area contributed by atoms with E-state index in [1.165, 1.54) is 0 Å². The molecule has 0 saturated carbocycles. The lowest BCUT2D eigenvalue weighted by Crippen LogP contribution is -2.54. The maximum absolute atomic E-state index is 12.9. The van der Waals surface area contributed by atoms with Gasteiger partial charge in [-0.2, -0.15) is 16.9 Å². The summed E-state index contributed by atoms with van der Waals surface area (Å²) in [7, 11) is 0. The van der Waals surface area contributed by atoms with E-state index in [0.29, 0.717) is 31.1 Å². The second kappa shape index (κ2) is 8.92. The first-order valence-corrected chi connectivity index (χ1v) is 11.9. The molecule has 1 amide bonds. The van der Waals surface area contributed by atoms with E-state index in [4.69, 9.17) is 9.47 Å². The second-order valence-electron chi connectivity index (χ2n) is 8.01. The number of hydrogen-bond donors (Lipinski definition) is 0. The summed E-state index contributed by atoms with van der Waals surface area (Å²) >= 11 is 1.85. The van der Waals surface area contributed by atoms with Crippen molar-refractivity contribution >= 4 is 17.7 Å². The second-order valence-corrected chi connectivity index (χ2v) is 9.12. The Kier molecular flexibility index (Phi) is 5.87. The molecule has 1 aromatic heterocycles. The molecule has 5 rings (SSSR count). The third kappa shape index (κ3) is 4.43. The highest BCUT2D eigenvalue weighted by molar-refractivity contribution is 7.98. The molecule has 0 N–H and O–H groups in total. The van der Waals surface area contributed by atoms with Gasteiger partial charge >= 0.3 is 0 Å². The number of amides is 1. The van der Waals surface area contributed by atoms with Gasteiger partial charge in [0, 0.05) is 51.0 Å². The first-order chi connectivity index (χ1) is 15.2. The smallest absolute Gasteiger partial charge is 0.267 e. The zero-order chi connectivity index (χ0) is 21.2. The highest BCUT2D eigenvalue weighted by Gasteiger charge is 2.32. The Morgan fingerprint density at radius 1 is 1.13 bits per heavy atom. The molecule has 3 aliphatic rings. The number of carbonyl (C=O) groups excluding carboxylic acids is 1. The minimum absolute atomic E-state index is 0.0233. The highest BCUT2D eigenvalue weighted by atomic mass is 32.2. The topological polar surface area (TPSA) is 76.9 Å². The number of ether oxygens (including phenoxy) is 2. The maximum atomic E-state index is 12.9. The van der Waals surface area contributed by atoms with Crippen molar-refractivity contribution in [3.05, 3.63) is 51.9 Å². The lowest BCUT2D eigenvalue weighted by molar-refractivity contribution is -0.143. The van der Waals surface area contributed by atoms with E-state index in [1.807, 2.05) is 40.9 Å². The zero-order valence-corrected chi connectivity index (χ0v) is 18.2. The van der Waals surface area contributed by atoms with Crippen LogP contribution in [0.2, 0.25) is 0 Å². The lowest BCUT2D eigenvalue weighted by atomic mass is 10.2. The fourth-order valence-corrected chi connectivity index (χ4v) is 5.14. The molecule has 0 spiro atoms. The van der Waals surface area contributed by atoms with Crippen LogP contribution in [0.15, 0.2) is 35.1 Å². The predicted molar refractivity (Wildman–Crippen MR) is 118 cm³/mol. The molecular weight excluding hydrogens is 416 g/mol. The molecule has 8 nitrogen and oxygen atoms in total. The Bertz CT molecular complexity index is 1020. The van der Waals surface area contributed by atoms with Crippen LogP contribution in [-0.2, 0) is 23.5 Å². The van der Waals surface area contributed by atoms with Crippen LogP contribution in [0.4, 0.5) is 0 Å². The van der Waals surface area contributed by atoms with Gasteiger partial charge in [0.15, 0.2) is 11.5 Å². The minimum Gasteiger partial charge on any atom is -0.485 e. The van der Waals surface area contributed by atoms with Crippen LogP contribution in [0.1, 0.15) is 11.3 Å². The number of aryl methyl sites for hydroxylation is 1. The lowest BCUT2D eigenvalue weighted by Gasteiger charge is -2.37. The van der Waals surface area contributed by atoms with Crippen LogP contribution in [0.3, 0.4) is 0 Å². The molecular formula is C22H26N4O4S. The Balaban J connectivity index is 1.13. The molecule has 0 bridgehead atoms. The summed E-state index contributed by atoms with van der Waals surface area (Å²) in [5.41, 5.74) is 2.12. The van der Waals surface area contributed by atoms with Gasteiger partial charge in [-0.25, -0.2) is 4.68 Å². The van der Waals surface area contributed by atoms with E-state index in [2.05, 4.69) is 10.00 Å². The monoisotopic (exact) mass is 442 g/mol. The molecule has 31 heavy (non-hydrogen) atoms. The summed E-state index contributed by atoms with van der Waals surface area (Å²) in [5, 5.41) is 4.59. The van der Waals surface area contributed by atoms with Crippen molar-refractivity contribution in [2.75, 3.05) is 45.1 Å². The average Bonchev–Trinajstić information content (AvgIpc) is 2.82. The minimum atomic E-state index is -0.599. The third-order valence-electron chi connectivity index (χ3n) is 6.00. The molecule has 0 aliphatic carbocycles. The first kappa shape index (κ1) is 20.4. The SMILES string of the molecule is O=C(C1COc2ccccc2O1)N1CCN(CCn2nc3c(cc2=O)CSCC3)CC1. The third-order valence-corrected chi connectivity index (χ3v) is 7.01. The van der Waals surface area contributed by atoms with Gasteiger partial charge in [0.1, 0.15) is 6.61 Å². The van der Waals surface area contributed by atoms with Gasteiger partial charge in [0.2, 0.25) is 6.10 Å². The normalized spacial score (nSPS) is 20.9. The van der Waals surface area contributed by atoms with Crippen molar-refractivity contribution in [2.24, 2.45) is 0 Å². The predicted octanol–water partition coefficient (Wildman–Crippen LogP) is 1.02. The van der Waals surface area contributed by atoms with Gasteiger partial charge in [-0.15, -0.1) is 0 Å². The van der Waals surface area contributed by atoms with Crippen molar-refractivity contribution in [3.63, 3.8) is 0 Å². The Hall–Kier alpha value is -2.52. The van der Waals surface area contributed by atoms with Crippen molar-refractivity contribution < 1.29 is 14.3 Å². The maximum Gasteiger partial charge on any atom is 0.267 e. The van der Waals surface area contributed by atoms with Gasteiger partial charge in [-0.1, -0.05) is 12.1 Å². The van der Waals surface area contributed by atoms with Crippen molar-refractivity contribution in [2.45, 2.75) is 24.8 Å². The number of fused-ring (bicyclic) bond motifs is 2. The van der Waals surface area contributed by atoms with Gasteiger partial charge < -0.3 is 14.4 Å². The first-order valence-electron chi connectivity index (χ1n) is 10.7. The molecule has 9 heteroatoms. The summed E-state index contributed by atoms with van der Waals surface area (Å²) < 4.78 is 13.1. The van der Waals surface area contributed by atoms with Crippen LogP contribution in [0.5, 0.6) is 11.5 Å². The Labute approximate surface area is 185 Å². The summed E-state index contributed by atoms with van der Waals surface area (Å²) in [6.45, 7) is 4.39. The molecule has 0 radical (unpaired) electrons. The van der Waals surface area contributed by atoms with Crippen LogP contribution in [0.25, 0.3) is 0 Å². The van der Waals surface area contributed by atoms with Crippen LogP contribution in [0, 0.1) is 0 Å². The molecule has 1 atom stereocenters. The fourth-order valence-electron chi connectivity index (χ4n) is 4.19. The number of nitrogens with zero attached hydrogens (tertiary/aromatic N) is 4. The van der Waals surface area contributed by atoms with Crippen molar-refractivity contribution in [1.82, 2.24) is 19.6 Å². The summed E-state index contributed by atoms with van der Waals surface area (Å²) in [6.07, 6.45) is 0.330. The molecule has 1 unspecified atom stereocenters. The van der Waals surface area contributed by atoms with Gasteiger partial charge in [0.25, 0.3) is 11.5 Å². The fraction of sp³-hybridized carbons (Fsp3) is 0.500. The largest absolute Gasteiger partial charge is 0.485 e. The van der Waals surface area contributed by atoms with E-state index < -0.39 is 6.10 Å². The number of para-hydroxylation sites is 2. The van der Waals surface area contributed by atoms with E-state index >= 15 is 0 Å². The van der Waals surface area contributed by atoms with Crippen LogP contribution >= 0.6 is 11.8 Å². The number of hydrogen-bond acceptors (Lipinski definition) is 7. The Morgan fingerprint density at radius 3 is 2.77 bits per heavy atom. The van der Waals surface area contributed by atoms with Crippen molar-refractivity contribution in [3.8, 4) is 11.5 Å². The number of thioether (sulfide) groups is 1. The van der Waals surface area contributed by atoms with Gasteiger partial charge in [0.05, 0.1) is 12.2 Å². The summed E-state index contributed by atoms with van der Waals surface area (Å²) in [5.74, 6) is 3.22. The van der Waals surface area contributed by atoms with Gasteiger partial charge in [-0.05, 0) is 23.4 Å². The number of aromatic nitrogens is 2. The highest BCUT2D eigenvalue weighted by Crippen LogP contribution is 2.31. The quantitative estimate of drug-likeness (QED) is 0.700. The molecule has 164 valence electrons. The molecule has 1 saturated heterocycles. The van der Waals surface area contributed by atoms with E-state index in [1.54, 1.807) is 10.7 Å². The molecule has 2 aromatic rings. The van der Waals surface area contributed by atoms with Crippen molar-refractivity contribution in [1.29, 1.82) is 0 Å². The molecule has 1 fully saturated rings. The molecule has 1 aromatic carbocycles. The summed E-state index contributed by atoms with van der Waals surface area (Å²) in [4.78, 5) is 29.4. The number of benzene rings is 1. The summed E-state index contributed by atoms with van der Waals surface area (Å²) in [6, 6.07) is 9.17.